The molecule has 2 aromatic rings. The zero-order valence-corrected chi connectivity index (χ0v) is 16.4. The van der Waals surface area contributed by atoms with Crippen LogP contribution in [0.15, 0.2) is 40.9 Å². The van der Waals surface area contributed by atoms with E-state index in [2.05, 4.69) is 33.1 Å². The fraction of sp³-hybridized carbons (Fsp3) is 0.316. The molecule has 25 heavy (non-hydrogen) atoms. The van der Waals surface area contributed by atoms with E-state index < -0.39 is 0 Å². The Bertz CT molecular complexity index is 788. The number of piperidine rings is 1. The lowest BCUT2D eigenvalue weighted by atomic mass is 9.98. The number of nitrogens with one attached hydrogen (secondary N) is 1. The molecule has 0 unspecified atom stereocenters. The van der Waals surface area contributed by atoms with Gasteiger partial charge < -0.3 is 16.0 Å². The largest absolute Gasteiger partial charge is 0.397 e. The second kappa shape index (κ2) is 7.67. The maximum atomic E-state index is 12.5. The van der Waals surface area contributed by atoms with Gasteiger partial charge in [0.15, 0.2) is 0 Å². The average molecular weight is 423 g/mol. The molecule has 132 valence electrons. The van der Waals surface area contributed by atoms with E-state index in [-0.39, 0.29) is 5.91 Å². The molecule has 1 heterocycles. The van der Waals surface area contributed by atoms with Crippen LogP contribution in [0.4, 0.5) is 17.1 Å². The van der Waals surface area contributed by atoms with Crippen molar-refractivity contribution in [1.29, 1.82) is 0 Å². The van der Waals surface area contributed by atoms with E-state index in [1.165, 1.54) is 0 Å². The molecule has 0 aromatic heterocycles. The van der Waals surface area contributed by atoms with Gasteiger partial charge in [-0.15, -0.1) is 0 Å². The van der Waals surface area contributed by atoms with Crippen LogP contribution in [0, 0.1) is 5.92 Å². The summed E-state index contributed by atoms with van der Waals surface area (Å²) in [7, 11) is 0. The van der Waals surface area contributed by atoms with Crippen molar-refractivity contribution in [1.82, 2.24) is 0 Å². The number of hydrogen-bond acceptors (Lipinski definition) is 3. The van der Waals surface area contributed by atoms with Gasteiger partial charge >= 0.3 is 0 Å². The van der Waals surface area contributed by atoms with Crippen molar-refractivity contribution in [2.24, 2.45) is 5.92 Å². The van der Waals surface area contributed by atoms with Crippen LogP contribution < -0.4 is 16.0 Å². The van der Waals surface area contributed by atoms with Crippen molar-refractivity contribution in [2.75, 3.05) is 29.0 Å². The minimum Gasteiger partial charge on any atom is -0.397 e. The molecule has 0 aliphatic carbocycles. The van der Waals surface area contributed by atoms with Crippen LogP contribution in [0.25, 0.3) is 0 Å². The van der Waals surface area contributed by atoms with Crippen molar-refractivity contribution in [3.8, 4) is 0 Å². The molecule has 0 spiro atoms. The molecule has 1 aliphatic heterocycles. The Balaban J connectivity index is 1.84. The highest BCUT2D eigenvalue weighted by Crippen LogP contribution is 2.35. The number of amides is 1. The molecule has 1 amide bonds. The Labute approximate surface area is 161 Å². The van der Waals surface area contributed by atoms with Gasteiger partial charge in [0.1, 0.15) is 0 Å². The molecule has 0 bridgehead atoms. The molecular formula is C19H21BrClN3O. The molecule has 6 heteroatoms. The van der Waals surface area contributed by atoms with Crippen LogP contribution in [0.2, 0.25) is 5.02 Å². The lowest BCUT2D eigenvalue weighted by molar-refractivity contribution is 0.102. The monoisotopic (exact) mass is 421 g/mol. The van der Waals surface area contributed by atoms with Gasteiger partial charge in [0.2, 0.25) is 0 Å². The normalized spacial score (nSPS) is 15.2. The lowest BCUT2D eigenvalue weighted by Crippen LogP contribution is -2.33. The third kappa shape index (κ3) is 4.28. The van der Waals surface area contributed by atoms with E-state index in [0.717, 1.165) is 42.0 Å². The Morgan fingerprint density at radius 1 is 1.28 bits per heavy atom. The first-order chi connectivity index (χ1) is 11.9. The topological polar surface area (TPSA) is 58.4 Å². The molecule has 3 N–H and O–H groups in total. The standard InChI is InChI=1S/C19H21BrClN3O/c1-12-5-7-24(8-6-12)18-11-17(15(21)10-16(18)22)23-19(25)13-3-2-4-14(20)9-13/h2-4,9-12H,5-8,22H2,1H3,(H,23,25). The van der Waals surface area contributed by atoms with E-state index in [1.807, 2.05) is 18.2 Å². The first-order valence-corrected chi connectivity index (χ1v) is 9.52. The number of hydrogen-bond donors (Lipinski definition) is 2. The van der Waals surface area contributed by atoms with Crippen LogP contribution in [-0.4, -0.2) is 19.0 Å². The molecule has 0 atom stereocenters. The Hall–Kier alpha value is -1.72. The predicted molar refractivity (Wildman–Crippen MR) is 109 cm³/mol. The van der Waals surface area contributed by atoms with Gasteiger partial charge in [0.05, 0.1) is 22.1 Å². The van der Waals surface area contributed by atoms with Crippen molar-refractivity contribution in [2.45, 2.75) is 19.8 Å². The molecule has 3 rings (SSSR count). The quantitative estimate of drug-likeness (QED) is 0.671. The van der Waals surface area contributed by atoms with Crippen LogP contribution >= 0.6 is 27.5 Å². The second-order valence-electron chi connectivity index (χ2n) is 6.52. The van der Waals surface area contributed by atoms with Gasteiger partial charge in [-0.1, -0.05) is 40.5 Å². The summed E-state index contributed by atoms with van der Waals surface area (Å²) < 4.78 is 0.853. The van der Waals surface area contributed by atoms with E-state index in [1.54, 1.807) is 18.2 Å². The Kier molecular flexibility index (Phi) is 5.54. The molecule has 4 nitrogen and oxygen atoms in total. The highest BCUT2D eigenvalue weighted by Gasteiger charge is 2.20. The second-order valence-corrected chi connectivity index (χ2v) is 7.85. The third-order valence-corrected chi connectivity index (χ3v) is 5.38. The van der Waals surface area contributed by atoms with E-state index in [9.17, 15) is 4.79 Å². The highest BCUT2D eigenvalue weighted by molar-refractivity contribution is 9.10. The van der Waals surface area contributed by atoms with Crippen molar-refractivity contribution >= 4 is 50.5 Å². The third-order valence-electron chi connectivity index (χ3n) is 4.58. The summed E-state index contributed by atoms with van der Waals surface area (Å²) in [5.74, 6) is 0.534. The van der Waals surface area contributed by atoms with E-state index in [0.29, 0.717) is 22.0 Å². The van der Waals surface area contributed by atoms with Crippen molar-refractivity contribution in [3.63, 3.8) is 0 Å². The minimum atomic E-state index is -0.203. The summed E-state index contributed by atoms with van der Waals surface area (Å²) in [4.78, 5) is 14.8. The zero-order valence-electron chi connectivity index (χ0n) is 14.1. The fourth-order valence-electron chi connectivity index (χ4n) is 3.02. The Morgan fingerprint density at radius 2 is 2.00 bits per heavy atom. The number of carbonyl (C=O) groups is 1. The highest BCUT2D eigenvalue weighted by atomic mass is 79.9. The molecule has 1 fully saturated rings. The number of nitrogens with two attached hydrogens (primary N) is 1. The summed E-state index contributed by atoms with van der Waals surface area (Å²) in [6, 6.07) is 10.8. The SMILES string of the molecule is CC1CCN(c2cc(NC(=O)c3cccc(Br)c3)c(Cl)cc2N)CC1. The first-order valence-electron chi connectivity index (χ1n) is 8.35. The Morgan fingerprint density at radius 3 is 2.68 bits per heavy atom. The van der Waals surface area contributed by atoms with Gasteiger partial charge in [-0.2, -0.15) is 0 Å². The van der Waals surface area contributed by atoms with E-state index >= 15 is 0 Å². The zero-order chi connectivity index (χ0) is 18.0. The number of nitrogen functional groups attached to an aromatic ring is 1. The molecule has 2 aromatic carbocycles. The molecule has 1 aliphatic rings. The van der Waals surface area contributed by atoms with Crippen LogP contribution in [0.1, 0.15) is 30.1 Å². The van der Waals surface area contributed by atoms with Crippen molar-refractivity contribution < 1.29 is 4.79 Å². The molecule has 0 radical (unpaired) electrons. The number of halogens is 2. The summed E-state index contributed by atoms with van der Waals surface area (Å²) in [6.07, 6.45) is 2.28. The van der Waals surface area contributed by atoms with Gasteiger partial charge in [-0.25, -0.2) is 0 Å². The fourth-order valence-corrected chi connectivity index (χ4v) is 3.64. The summed E-state index contributed by atoms with van der Waals surface area (Å²) in [5.41, 5.74) is 8.89. The van der Waals surface area contributed by atoms with E-state index in [4.69, 9.17) is 17.3 Å². The lowest BCUT2D eigenvalue weighted by Gasteiger charge is -2.33. The summed E-state index contributed by atoms with van der Waals surface area (Å²) >= 11 is 9.68. The number of benzene rings is 2. The molecule has 1 saturated heterocycles. The maximum Gasteiger partial charge on any atom is 0.255 e. The van der Waals surface area contributed by atoms with Crippen LogP contribution in [-0.2, 0) is 0 Å². The maximum absolute atomic E-state index is 12.5. The van der Waals surface area contributed by atoms with Gasteiger partial charge in [0, 0.05) is 23.1 Å². The van der Waals surface area contributed by atoms with Gasteiger partial charge in [-0.3, -0.25) is 4.79 Å². The molecule has 0 saturated carbocycles. The van der Waals surface area contributed by atoms with Crippen LogP contribution in [0.5, 0.6) is 0 Å². The number of rotatable bonds is 3. The van der Waals surface area contributed by atoms with Crippen LogP contribution in [0.3, 0.4) is 0 Å². The molecular weight excluding hydrogens is 402 g/mol. The smallest absolute Gasteiger partial charge is 0.255 e. The number of anilines is 3. The average Bonchev–Trinajstić information content (AvgIpc) is 2.58. The summed E-state index contributed by atoms with van der Waals surface area (Å²) in [5, 5.41) is 3.34. The summed E-state index contributed by atoms with van der Waals surface area (Å²) in [6.45, 7) is 4.20. The van der Waals surface area contributed by atoms with Gasteiger partial charge in [0.25, 0.3) is 5.91 Å². The van der Waals surface area contributed by atoms with Gasteiger partial charge in [-0.05, 0) is 49.1 Å². The minimum absolute atomic E-state index is 0.203. The van der Waals surface area contributed by atoms with Crippen molar-refractivity contribution in [3.05, 3.63) is 51.5 Å². The number of carbonyl (C=O) groups excluding carboxylic acids is 1. The number of nitrogens with zero attached hydrogens (tertiary/aromatic N) is 1. The predicted octanol–water partition coefficient (Wildman–Crippen LogP) is 5.17. The first kappa shape index (κ1) is 18.1.